The quantitative estimate of drug-likeness (QED) is 0.923. The lowest BCUT2D eigenvalue weighted by atomic mass is 10.1. The van der Waals surface area contributed by atoms with Gasteiger partial charge in [0.05, 0.1) is 11.7 Å². The molecule has 0 spiro atoms. The zero-order valence-corrected chi connectivity index (χ0v) is 10.4. The molecule has 1 atom stereocenters. The van der Waals surface area contributed by atoms with E-state index in [0.29, 0.717) is 12.1 Å². The number of rotatable bonds is 3. The number of likely N-dealkylation sites (tertiary alicyclic amines) is 1. The molecule has 0 aliphatic carbocycles. The number of aromatic amines is 1. The number of H-pyrrole nitrogens is 1. The van der Waals surface area contributed by atoms with Gasteiger partial charge < -0.3 is 0 Å². The maximum absolute atomic E-state index is 13.2. The zero-order chi connectivity index (χ0) is 13.2. The monoisotopic (exact) mass is 263 g/mol. The van der Waals surface area contributed by atoms with Gasteiger partial charge in [-0.15, -0.1) is 0 Å². The summed E-state index contributed by atoms with van der Waals surface area (Å²) in [6.07, 6.45) is 3.86. The van der Waals surface area contributed by atoms with Crippen molar-refractivity contribution < 1.29 is 8.78 Å². The molecule has 1 N–H and O–H groups in total. The highest BCUT2D eigenvalue weighted by Gasteiger charge is 2.27. The summed E-state index contributed by atoms with van der Waals surface area (Å²) in [6.45, 7) is 1.49. The minimum absolute atomic E-state index is 0.258. The van der Waals surface area contributed by atoms with Crippen LogP contribution in [-0.4, -0.2) is 21.6 Å². The van der Waals surface area contributed by atoms with Crippen LogP contribution in [0.4, 0.5) is 8.78 Å². The van der Waals surface area contributed by atoms with E-state index in [2.05, 4.69) is 15.1 Å². The molecule has 0 saturated carbocycles. The van der Waals surface area contributed by atoms with Gasteiger partial charge in [0.1, 0.15) is 11.6 Å². The van der Waals surface area contributed by atoms with Gasteiger partial charge in [-0.3, -0.25) is 10.00 Å². The molecule has 1 fully saturated rings. The number of halogens is 2. The third kappa shape index (κ3) is 2.66. The standard InChI is InChI=1S/C14H15F2N3/c15-11-6-10(7-12(16)8-11)9-19-5-1-2-14(19)13-3-4-17-18-13/h3-4,6-8,14H,1-2,5,9H2,(H,17,18)/t14-/m0/s1. The predicted octanol–water partition coefficient (Wildman–Crippen LogP) is 3.03. The Balaban J connectivity index is 1.78. The molecule has 2 heterocycles. The first kappa shape index (κ1) is 12.3. The molecule has 1 saturated heterocycles. The Kier molecular flexibility index (Phi) is 3.29. The van der Waals surface area contributed by atoms with E-state index in [0.717, 1.165) is 31.1 Å². The molecule has 100 valence electrons. The van der Waals surface area contributed by atoms with E-state index in [1.807, 2.05) is 6.07 Å². The van der Waals surface area contributed by atoms with E-state index >= 15 is 0 Å². The summed E-state index contributed by atoms with van der Waals surface area (Å²) in [5.74, 6) is -1.04. The molecule has 0 unspecified atom stereocenters. The summed E-state index contributed by atoms with van der Waals surface area (Å²) in [7, 11) is 0. The third-order valence-electron chi connectivity index (χ3n) is 3.55. The molecule has 3 nitrogen and oxygen atoms in total. The summed E-state index contributed by atoms with van der Waals surface area (Å²) in [5.41, 5.74) is 1.73. The van der Waals surface area contributed by atoms with Gasteiger partial charge in [0.25, 0.3) is 0 Å². The van der Waals surface area contributed by atoms with Gasteiger partial charge in [0, 0.05) is 18.8 Å². The maximum Gasteiger partial charge on any atom is 0.126 e. The summed E-state index contributed by atoms with van der Waals surface area (Å²) in [5, 5.41) is 6.94. The molecular formula is C14H15F2N3. The van der Waals surface area contributed by atoms with Gasteiger partial charge in [-0.25, -0.2) is 8.78 Å². The number of nitrogens with zero attached hydrogens (tertiary/aromatic N) is 2. The van der Waals surface area contributed by atoms with E-state index in [-0.39, 0.29) is 6.04 Å². The number of aromatic nitrogens is 2. The Morgan fingerprint density at radius 2 is 2.05 bits per heavy atom. The predicted molar refractivity (Wildman–Crippen MR) is 67.3 cm³/mol. The smallest absolute Gasteiger partial charge is 0.126 e. The summed E-state index contributed by atoms with van der Waals surface area (Å²) in [6, 6.07) is 5.90. The van der Waals surface area contributed by atoms with Crippen LogP contribution in [0.1, 0.15) is 30.1 Å². The van der Waals surface area contributed by atoms with E-state index in [4.69, 9.17) is 0 Å². The molecular weight excluding hydrogens is 248 g/mol. The number of hydrogen-bond acceptors (Lipinski definition) is 2. The number of nitrogens with one attached hydrogen (secondary N) is 1. The Hall–Kier alpha value is -1.75. The zero-order valence-electron chi connectivity index (χ0n) is 10.4. The van der Waals surface area contributed by atoms with Crippen molar-refractivity contribution in [3.8, 4) is 0 Å². The highest BCUT2D eigenvalue weighted by atomic mass is 19.1. The molecule has 2 aromatic rings. The van der Waals surface area contributed by atoms with Crippen LogP contribution in [0.5, 0.6) is 0 Å². The van der Waals surface area contributed by atoms with Gasteiger partial charge in [-0.1, -0.05) is 0 Å². The fourth-order valence-corrected chi connectivity index (χ4v) is 2.76. The average molecular weight is 263 g/mol. The Morgan fingerprint density at radius 3 is 2.74 bits per heavy atom. The normalized spacial score (nSPS) is 20.0. The van der Waals surface area contributed by atoms with Crippen LogP contribution < -0.4 is 0 Å². The van der Waals surface area contributed by atoms with Gasteiger partial charge in [-0.2, -0.15) is 5.10 Å². The van der Waals surface area contributed by atoms with Gasteiger partial charge in [-0.05, 0) is 43.1 Å². The summed E-state index contributed by atoms with van der Waals surface area (Å²) >= 11 is 0. The number of benzene rings is 1. The van der Waals surface area contributed by atoms with Crippen LogP contribution in [0.15, 0.2) is 30.5 Å². The summed E-state index contributed by atoms with van der Waals surface area (Å²) < 4.78 is 26.4. The topological polar surface area (TPSA) is 31.9 Å². The van der Waals surface area contributed by atoms with Crippen molar-refractivity contribution in [1.29, 1.82) is 0 Å². The van der Waals surface area contributed by atoms with Gasteiger partial charge >= 0.3 is 0 Å². The number of hydrogen-bond donors (Lipinski definition) is 1. The minimum atomic E-state index is -0.521. The lowest BCUT2D eigenvalue weighted by molar-refractivity contribution is 0.243. The van der Waals surface area contributed by atoms with Crippen molar-refractivity contribution in [2.75, 3.05) is 6.54 Å². The van der Waals surface area contributed by atoms with Crippen molar-refractivity contribution in [2.45, 2.75) is 25.4 Å². The van der Waals surface area contributed by atoms with Crippen molar-refractivity contribution >= 4 is 0 Å². The van der Waals surface area contributed by atoms with Gasteiger partial charge in [0.15, 0.2) is 0 Å². The van der Waals surface area contributed by atoms with E-state index in [1.165, 1.54) is 12.1 Å². The lowest BCUT2D eigenvalue weighted by Crippen LogP contribution is -2.23. The van der Waals surface area contributed by atoms with Crippen molar-refractivity contribution in [3.63, 3.8) is 0 Å². The highest BCUT2D eigenvalue weighted by Crippen LogP contribution is 2.31. The van der Waals surface area contributed by atoms with Crippen LogP contribution in [0.3, 0.4) is 0 Å². The molecule has 0 bridgehead atoms. The van der Waals surface area contributed by atoms with Crippen molar-refractivity contribution in [3.05, 3.63) is 53.4 Å². The van der Waals surface area contributed by atoms with Gasteiger partial charge in [0.2, 0.25) is 0 Å². The fourth-order valence-electron chi connectivity index (χ4n) is 2.76. The molecule has 1 aromatic carbocycles. The second kappa shape index (κ2) is 5.09. The van der Waals surface area contributed by atoms with E-state index in [1.54, 1.807) is 6.20 Å². The molecule has 0 radical (unpaired) electrons. The van der Waals surface area contributed by atoms with Crippen LogP contribution in [-0.2, 0) is 6.54 Å². The molecule has 5 heteroatoms. The first-order chi connectivity index (χ1) is 9.22. The van der Waals surface area contributed by atoms with E-state index in [9.17, 15) is 8.78 Å². The Bertz CT molecular complexity index is 534. The van der Waals surface area contributed by atoms with Crippen LogP contribution >= 0.6 is 0 Å². The molecule has 1 aliphatic heterocycles. The summed E-state index contributed by atoms with van der Waals surface area (Å²) in [4.78, 5) is 2.22. The molecule has 3 rings (SSSR count). The first-order valence-electron chi connectivity index (χ1n) is 6.40. The largest absolute Gasteiger partial charge is 0.291 e. The lowest BCUT2D eigenvalue weighted by Gasteiger charge is -2.23. The maximum atomic E-state index is 13.2. The van der Waals surface area contributed by atoms with E-state index < -0.39 is 11.6 Å². The van der Waals surface area contributed by atoms with Crippen LogP contribution in [0.25, 0.3) is 0 Å². The SMILES string of the molecule is Fc1cc(F)cc(CN2CCC[C@H]2c2ccn[nH]2)c1. The van der Waals surface area contributed by atoms with Crippen LogP contribution in [0.2, 0.25) is 0 Å². The Labute approximate surface area is 110 Å². The average Bonchev–Trinajstić information content (AvgIpc) is 2.96. The molecule has 1 aromatic heterocycles. The third-order valence-corrected chi connectivity index (χ3v) is 3.55. The van der Waals surface area contributed by atoms with Crippen LogP contribution in [0, 0.1) is 11.6 Å². The van der Waals surface area contributed by atoms with Crippen molar-refractivity contribution in [1.82, 2.24) is 15.1 Å². The fraction of sp³-hybridized carbons (Fsp3) is 0.357. The molecule has 19 heavy (non-hydrogen) atoms. The van der Waals surface area contributed by atoms with Crippen molar-refractivity contribution in [2.24, 2.45) is 0 Å². The first-order valence-corrected chi connectivity index (χ1v) is 6.40. The molecule has 1 aliphatic rings. The molecule has 0 amide bonds. The Morgan fingerprint density at radius 1 is 1.26 bits per heavy atom. The second-order valence-electron chi connectivity index (χ2n) is 4.92. The minimum Gasteiger partial charge on any atom is -0.291 e. The highest BCUT2D eigenvalue weighted by molar-refractivity contribution is 5.19. The second-order valence-corrected chi connectivity index (χ2v) is 4.92.